The number of aromatic nitrogens is 2. The summed E-state index contributed by atoms with van der Waals surface area (Å²) in [5.41, 5.74) is 2.81. The largest absolute Gasteiger partial charge is 0.467 e. The number of imidazole rings is 1. The zero-order chi connectivity index (χ0) is 18.0. The molecule has 2 heterocycles. The van der Waals surface area contributed by atoms with E-state index in [1.807, 2.05) is 24.3 Å². The molecule has 0 spiro atoms. The summed E-state index contributed by atoms with van der Waals surface area (Å²) in [5, 5.41) is 2.70. The Morgan fingerprint density at radius 1 is 1.40 bits per heavy atom. The highest BCUT2D eigenvalue weighted by molar-refractivity contribution is 9.10. The molecule has 1 aliphatic heterocycles. The summed E-state index contributed by atoms with van der Waals surface area (Å²) in [6, 6.07) is 6.44. The van der Waals surface area contributed by atoms with Crippen LogP contribution in [-0.2, 0) is 16.0 Å². The van der Waals surface area contributed by atoms with E-state index in [4.69, 9.17) is 0 Å². The molecule has 2 N–H and O–H groups in total. The van der Waals surface area contributed by atoms with E-state index in [1.54, 1.807) is 18.2 Å². The number of aromatic amines is 1. The maximum absolute atomic E-state index is 12.8. The van der Waals surface area contributed by atoms with Gasteiger partial charge in [0.15, 0.2) is 0 Å². The Labute approximate surface area is 153 Å². The van der Waals surface area contributed by atoms with E-state index in [0.717, 1.165) is 21.4 Å². The minimum atomic E-state index is -0.719. The number of amides is 2. The number of fused-ring (bicyclic) bond motifs is 1. The van der Waals surface area contributed by atoms with Crippen LogP contribution in [-0.4, -0.2) is 46.6 Å². The molecule has 0 fully saturated rings. The molecule has 1 aromatic carbocycles. The number of carbonyl (C=O) groups is 2. The number of hydrogen-bond donors (Lipinski definition) is 2. The summed E-state index contributed by atoms with van der Waals surface area (Å²) in [7, 11) is 1.30. The number of halogens is 1. The van der Waals surface area contributed by atoms with Crippen molar-refractivity contribution in [2.45, 2.75) is 25.4 Å². The second kappa shape index (κ2) is 7.26. The van der Waals surface area contributed by atoms with Crippen molar-refractivity contribution in [3.05, 3.63) is 52.0 Å². The molecule has 2 atom stereocenters. The van der Waals surface area contributed by atoms with Crippen LogP contribution in [0.5, 0.6) is 0 Å². The molecule has 7 nitrogen and oxygen atoms in total. The average Bonchev–Trinajstić information content (AvgIpc) is 3.09. The van der Waals surface area contributed by atoms with E-state index in [9.17, 15) is 9.59 Å². The summed E-state index contributed by atoms with van der Waals surface area (Å²) in [5.74, 6) is -0.481. The molecule has 0 bridgehead atoms. The van der Waals surface area contributed by atoms with Crippen molar-refractivity contribution in [1.29, 1.82) is 0 Å². The first-order valence-electron chi connectivity index (χ1n) is 7.94. The Bertz CT molecular complexity index is 774. The fourth-order valence-corrected chi connectivity index (χ4v) is 3.25. The number of urea groups is 1. The molecule has 3 rings (SSSR count). The molecule has 132 valence electrons. The van der Waals surface area contributed by atoms with Crippen molar-refractivity contribution >= 4 is 27.9 Å². The molecule has 1 aliphatic rings. The molecule has 0 saturated heterocycles. The zero-order valence-corrected chi connectivity index (χ0v) is 15.5. The summed E-state index contributed by atoms with van der Waals surface area (Å²) in [6.07, 6.45) is 2.33. The lowest BCUT2D eigenvalue weighted by Gasteiger charge is -2.35. The molecule has 1 aromatic heterocycles. The fourth-order valence-electron chi connectivity index (χ4n) is 2.98. The summed E-state index contributed by atoms with van der Waals surface area (Å²) in [6.45, 7) is 2.12. The first-order valence-corrected chi connectivity index (χ1v) is 8.73. The summed E-state index contributed by atoms with van der Waals surface area (Å²) >= 11 is 3.43. The Morgan fingerprint density at radius 2 is 2.12 bits per heavy atom. The van der Waals surface area contributed by atoms with Crippen LogP contribution in [0.25, 0.3) is 0 Å². The van der Waals surface area contributed by atoms with Crippen molar-refractivity contribution in [3.63, 3.8) is 0 Å². The number of nitrogens with one attached hydrogen (secondary N) is 2. The quantitative estimate of drug-likeness (QED) is 0.765. The number of esters is 1. The number of benzene rings is 1. The van der Waals surface area contributed by atoms with Crippen molar-refractivity contribution in [3.8, 4) is 0 Å². The maximum Gasteiger partial charge on any atom is 0.328 e. The molecule has 8 heteroatoms. The monoisotopic (exact) mass is 406 g/mol. The number of hydrogen-bond acceptors (Lipinski definition) is 4. The lowest BCUT2D eigenvalue weighted by molar-refractivity contribution is -0.142. The van der Waals surface area contributed by atoms with E-state index >= 15 is 0 Å². The van der Waals surface area contributed by atoms with Gasteiger partial charge in [-0.3, -0.25) is 0 Å². The highest BCUT2D eigenvalue weighted by Gasteiger charge is 2.35. The normalized spacial score (nSPS) is 17.6. The van der Waals surface area contributed by atoms with Crippen LogP contribution in [0.1, 0.15) is 29.9 Å². The minimum absolute atomic E-state index is 0.312. The number of carbonyl (C=O) groups excluding carboxylic acids is 2. The minimum Gasteiger partial charge on any atom is -0.467 e. The van der Waals surface area contributed by atoms with Gasteiger partial charge in [-0.25, -0.2) is 14.6 Å². The van der Waals surface area contributed by atoms with Gasteiger partial charge >= 0.3 is 12.0 Å². The van der Waals surface area contributed by atoms with Gasteiger partial charge in [-0.05, 0) is 24.6 Å². The SMILES string of the molecule is COC(=O)[C@H](C)NC(=O)N1CCc2[nH]cnc2[C@H]1c1ccc(Br)cc1. The highest BCUT2D eigenvalue weighted by Crippen LogP contribution is 2.33. The second-order valence-corrected chi connectivity index (χ2v) is 6.77. The van der Waals surface area contributed by atoms with Gasteiger partial charge in [0.25, 0.3) is 0 Å². The second-order valence-electron chi connectivity index (χ2n) is 5.86. The van der Waals surface area contributed by atoms with Crippen LogP contribution in [0.4, 0.5) is 4.79 Å². The van der Waals surface area contributed by atoms with Crippen molar-refractivity contribution < 1.29 is 14.3 Å². The van der Waals surface area contributed by atoms with Crippen LogP contribution in [0.15, 0.2) is 35.1 Å². The zero-order valence-electron chi connectivity index (χ0n) is 14.0. The first kappa shape index (κ1) is 17.5. The predicted octanol–water partition coefficient (Wildman–Crippen LogP) is 2.39. The molecule has 0 unspecified atom stereocenters. The van der Waals surface area contributed by atoms with E-state index in [-0.39, 0.29) is 12.1 Å². The van der Waals surface area contributed by atoms with E-state index < -0.39 is 12.0 Å². The van der Waals surface area contributed by atoms with Gasteiger partial charge in [-0.2, -0.15) is 0 Å². The van der Waals surface area contributed by atoms with Crippen LogP contribution in [0.2, 0.25) is 0 Å². The maximum atomic E-state index is 12.8. The molecule has 0 saturated carbocycles. The Hall–Kier alpha value is -2.35. The van der Waals surface area contributed by atoms with Crippen LogP contribution in [0.3, 0.4) is 0 Å². The highest BCUT2D eigenvalue weighted by atomic mass is 79.9. The number of H-pyrrole nitrogens is 1. The van der Waals surface area contributed by atoms with Gasteiger partial charge in [0.2, 0.25) is 0 Å². The van der Waals surface area contributed by atoms with Crippen molar-refractivity contribution in [2.75, 3.05) is 13.7 Å². The molecular weight excluding hydrogens is 388 g/mol. The smallest absolute Gasteiger partial charge is 0.328 e. The van der Waals surface area contributed by atoms with Crippen LogP contribution < -0.4 is 5.32 Å². The molecule has 2 amide bonds. The Balaban J connectivity index is 1.90. The van der Waals surface area contributed by atoms with Crippen molar-refractivity contribution in [1.82, 2.24) is 20.2 Å². The van der Waals surface area contributed by atoms with Gasteiger partial charge in [0.05, 0.1) is 19.1 Å². The Kier molecular flexibility index (Phi) is 5.08. The third kappa shape index (κ3) is 3.53. The first-order chi connectivity index (χ1) is 12.0. The van der Waals surface area contributed by atoms with Gasteiger partial charge < -0.3 is 19.9 Å². The average molecular weight is 407 g/mol. The Morgan fingerprint density at radius 3 is 2.80 bits per heavy atom. The summed E-state index contributed by atoms with van der Waals surface area (Å²) in [4.78, 5) is 33.6. The third-order valence-corrected chi connectivity index (χ3v) is 4.79. The van der Waals surface area contributed by atoms with Crippen molar-refractivity contribution in [2.24, 2.45) is 0 Å². The third-order valence-electron chi connectivity index (χ3n) is 4.27. The number of ether oxygens (including phenoxy) is 1. The lowest BCUT2D eigenvalue weighted by Crippen LogP contribution is -2.50. The van der Waals surface area contributed by atoms with E-state index in [1.165, 1.54) is 7.11 Å². The molecule has 0 aliphatic carbocycles. The number of rotatable bonds is 3. The standard InChI is InChI=1S/C17H19BrN4O3/c1-10(16(23)25-2)21-17(24)22-8-7-13-14(20-9-19-13)15(22)11-3-5-12(18)6-4-11/h3-6,9-10,15H,7-8H2,1-2H3,(H,19,20)(H,21,24)/t10-,15+/m0/s1. The lowest BCUT2D eigenvalue weighted by atomic mass is 9.96. The molecule has 0 radical (unpaired) electrons. The van der Waals surface area contributed by atoms with Gasteiger partial charge in [-0.1, -0.05) is 28.1 Å². The van der Waals surface area contributed by atoms with Gasteiger partial charge in [0.1, 0.15) is 12.1 Å². The van der Waals surface area contributed by atoms with Crippen LogP contribution in [0, 0.1) is 0 Å². The summed E-state index contributed by atoms with van der Waals surface area (Å²) < 4.78 is 5.64. The van der Waals surface area contributed by atoms with Crippen LogP contribution >= 0.6 is 15.9 Å². The van der Waals surface area contributed by atoms with Gasteiger partial charge in [-0.15, -0.1) is 0 Å². The number of methoxy groups -OCH3 is 1. The van der Waals surface area contributed by atoms with E-state index in [2.05, 4.69) is 36.0 Å². The van der Waals surface area contributed by atoms with Gasteiger partial charge in [0, 0.05) is 23.1 Å². The topological polar surface area (TPSA) is 87.3 Å². The molecule has 25 heavy (non-hydrogen) atoms. The van der Waals surface area contributed by atoms with E-state index in [0.29, 0.717) is 13.0 Å². The fraction of sp³-hybridized carbons (Fsp3) is 0.353. The predicted molar refractivity (Wildman–Crippen MR) is 95.0 cm³/mol. The molecule has 2 aromatic rings. The number of nitrogens with zero attached hydrogens (tertiary/aromatic N) is 2. The molecular formula is C17H19BrN4O3.